The molecule has 1 amide bonds. The van der Waals surface area contributed by atoms with Crippen molar-refractivity contribution in [3.63, 3.8) is 0 Å². The van der Waals surface area contributed by atoms with Gasteiger partial charge in [-0.3, -0.25) is 4.79 Å². The zero-order valence-corrected chi connectivity index (χ0v) is 12.0. The van der Waals surface area contributed by atoms with E-state index in [1.165, 1.54) is 6.92 Å². The lowest BCUT2D eigenvalue weighted by Gasteiger charge is -2.17. The first kappa shape index (κ1) is 15.0. The third-order valence-electron chi connectivity index (χ3n) is 2.72. The molecule has 18 heavy (non-hydrogen) atoms. The quantitative estimate of drug-likeness (QED) is 0.921. The standard InChI is InChI=1S/C12H16ClNO3S/c1-8(10-5-4-6-11(13)7-10)14-12(15)9(2)18(3,16)17/h4-9H,1-3H3,(H,14,15). The highest BCUT2D eigenvalue weighted by Crippen LogP contribution is 2.17. The summed E-state index contributed by atoms with van der Waals surface area (Å²) in [4.78, 5) is 11.7. The summed E-state index contributed by atoms with van der Waals surface area (Å²) >= 11 is 5.85. The molecule has 0 aliphatic carbocycles. The highest BCUT2D eigenvalue weighted by Gasteiger charge is 2.24. The molecular weight excluding hydrogens is 274 g/mol. The van der Waals surface area contributed by atoms with Gasteiger partial charge in [0.05, 0.1) is 6.04 Å². The average Bonchev–Trinajstić information content (AvgIpc) is 2.26. The third kappa shape index (κ3) is 3.99. The van der Waals surface area contributed by atoms with E-state index in [-0.39, 0.29) is 6.04 Å². The van der Waals surface area contributed by atoms with Crippen LogP contribution in [0.5, 0.6) is 0 Å². The Bertz CT molecular complexity index is 542. The smallest absolute Gasteiger partial charge is 0.238 e. The molecule has 1 N–H and O–H groups in total. The van der Waals surface area contributed by atoms with E-state index in [9.17, 15) is 13.2 Å². The van der Waals surface area contributed by atoms with Crippen molar-refractivity contribution < 1.29 is 13.2 Å². The van der Waals surface area contributed by atoms with E-state index in [0.29, 0.717) is 5.02 Å². The molecule has 1 rings (SSSR count). The summed E-state index contributed by atoms with van der Waals surface area (Å²) in [5.74, 6) is -0.509. The fraction of sp³-hybridized carbons (Fsp3) is 0.417. The summed E-state index contributed by atoms with van der Waals surface area (Å²) in [6.45, 7) is 3.15. The Morgan fingerprint density at radius 2 is 1.94 bits per heavy atom. The van der Waals surface area contributed by atoms with Crippen LogP contribution in [-0.2, 0) is 14.6 Å². The maximum Gasteiger partial charge on any atom is 0.238 e. The van der Waals surface area contributed by atoms with Crippen molar-refractivity contribution >= 4 is 27.3 Å². The van der Waals surface area contributed by atoms with Crippen molar-refractivity contribution in [3.8, 4) is 0 Å². The predicted molar refractivity (Wildman–Crippen MR) is 72.3 cm³/mol. The highest BCUT2D eigenvalue weighted by molar-refractivity contribution is 7.92. The zero-order valence-electron chi connectivity index (χ0n) is 10.5. The Morgan fingerprint density at radius 1 is 1.33 bits per heavy atom. The molecule has 0 aromatic heterocycles. The number of carbonyl (C=O) groups is 1. The van der Waals surface area contributed by atoms with Gasteiger partial charge in [0.15, 0.2) is 9.84 Å². The molecule has 1 aromatic carbocycles. The second kappa shape index (κ2) is 5.71. The maximum absolute atomic E-state index is 11.7. The van der Waals surface area contributed by atoms with Gasteiger partial charge in [-0.25, -0.2) is 8.42 Å². The zero-order chi connectivity index (χ0) is 13.9. The minimum absolute atomic E-state index is 0.291. The Hall–Kier alpha value is -1.07. The summed E-state index contributed by atoms with van der Waals surface area (Å²) < 4.78 is 22.5. The van der Waals surface area contributed by atoms with Gasteiger partial charge >= 0.3 is 0 Å². The van der Waals surface area contributed by atoms with Crippen molar-refractivity contribution in [2.75, 3.05) is 6.26 Å². The van der Waals surface area contributed by atoms with Crippen molar-refractivity contribution in [1.29, 1.82) is 0 Å². The minimum atomic E-state index is -3.38. The summed E-state index contributed by atoms with van der Waals surface area (Å²) in [6, 6.07) is 6.78. The van der Waals surface area contributed by atoms with Gasteiger partial charge in [-0.15, -0.1) is 0 Å². The lowest BCUT2D eigenvalue weighted by atomic mass is 10.1. The molecule has 4 nitrogen and oxygen atoms in total. The molecule has 6 heteroatoms. The van der Waals surface area contributed by atoms with Crippen LogP contribution >= 0.6 is 11.6 Å². The van der Waals surface area contributed by atoms with Gasteiger partial charge in [-0.1, -0.05) is 23.7 Å². The van der Waals surface area contributed by atoms with Gasteiger partial charge in [0.1, 0.15) is 5.25 Å². The van der Waals surface area contributed by atoms with Crippen molar-refractivity contribution in [2.45, 2.75) is 25.1 Å². The van der Waals surface area contributed by atoms with Gasteiger partial charge in [0.25, 0.3) is 0 Å². The second-order valence-corrected chi connectivity index (χ2v) is 7.06. The molecule has 0 aliphatic heterocycles. The molecule has 0 aliphatic rings. The molecule has 0 spiro atoms. The average molecular weight is 290 g/mol. The first-order valence-electron chi connectivity index (χ1n) is 5.46. The maximum atomic E-state index is 11.7. The van der Waals surface area contributed by atoms with E-state index in [1.807, 2.05) is 6.07 Å². The van der Waals surface area contributed by atoms with E-state index in [1.54, 1.807) is 25.1 Å². The number of sulfone groups is 1. The monoisotopic (exact) mass is 289 g/mol. The molecule has 0 saturated carbocycles. The van der Waals surface area contributed by atoms with Crippen LogP contribution in [-0.4, -0.2) is 25.8 Å². The van der Waals surface area contributed by atoms with Crippen LogP contribution in [0.2, 0.25) is 5.02 Å². The topological polar surface area (TPSA) is 63.2 Å². The Labute approximate surface area is 112 Å². The molecule has 0 heterocycles. The van der Waals surface area contributed by atoms with E-state index in [4.69, 9.17) is 11.6 Å². The van der Waals surface area contributed by atoms with Gasteiger partial charge in [-0.05, 0) is 31.5 Å². The van der Waals surface area contributed by atoms with Crippen molar-refractivity contribution in [3.05, 3.63) is 34.9 Å². The van der Waals surface area contributed by atoms with Crippen LogP contribution in [0.1, 0.15) is 25.5 Å². The minimum Gasteiger partial charge on any atom is -0.348 e. The van der Waals surface area contributed by atoms with Crippen molar-refractivity contribution in [2.24, 2.45) is 0 Å². The van der Waals surface area contributed by atoms with Crippen LogP contribution in [0.4, 0.5) is 0 Å². The number of amides is 1. The Kier molecular flexibility index (Phi) is 4.76. The molecule has 2 atom stereocenters. The molecule has 0 radical (unpaired) electrons. The summed E-state index contributed by atoms with van der Waals surface area (Å²) in [5.41, 5.74) is 0.830. The molecule has 0 bridgehead atoms. The number of nitrogens with one attached hydrogen (secondary N) is 1. The summed E-state index contributed by atoms with van der Waals surface area (Å²) in [7, 11) is -3.38. The molecule has 0 saturated heterocycles. The SMILES string of the molecule is CC(NC(=O)C(C)S(C)(=O)=O)c1cccc(Cl)c1. The van der Waals surface area contributed by atoms with E-state index in [0.717, 1.165) is 11.8 Å². The molecule has 1 aromatic rings. The van der Waals surface area contributed by atoms with E-state index in [2.05, 4.69) is 5.32 Å². The fourth-order valence-electron chi connectivity index (χ4n) is 1.38. The number of carbonyl (C=O) groups excluding carboxylic acids is 1. The van der Waals surface area contributed by atoms with Gasteiger partial charge < -0.3 is 5.32 Å². The number of hydrogen-bond donors (Lipinski definition) is 1. The van der Waals surface area contributed by atoms with Gasteiger partial charge in [0, 0.05) is 11.3 Å². The van der Waals surface area contributed by atoms with Crippen LogP contribution in [0, 0.1) is 0 Å². The third-order valence-corrected chi connectivity index (χ3v) is 4.45. The second-order valence-electron chi connectivity index (χ2n) is 4.26. The number of hydrogen-bond acceptors (Lipinski definition) is 3. The predicted octanol–water partition coefficient (Wildman–Crippen LogP) is 1.95. The molecule has 2 unspecified atom stereocenters. The fourth-order valence-corrected chi connectivity index (χ4v) is 2.04. The molecule has 100 valence electrons. The summed E-state index contributed by atoms with van der Waals surface area (Å²) in [5, 5.41) is 2.17. The van der Waals surface area contributed by atoms with Crippen molar-refractivity contribution in [1.82, 2.24) is 5.32 Å². The number of halogens is 1. The Balaban J connectivity index is 2.77. The van der Waals surface area contributed by atoms with E-state index < -0.39 is 21.0 Å². The van der Waals surface area contributed by atoms with Crippen LogP contribution < -0.4 is 5.32 Å². The Morgan fingerprint density at radius 3 is 2.44 bits per heavy atom. The lowest BCUT2D eigenvalue weighted by molar-refractivity contribution is -0.121. The lowest BCUT2D eigenvalue weighted by Crippen LogP contribution is -2.38. The number of benzene rings is 1. The van der Waals surface area contributed by atoms with Crippen LogP contribution in [0.25, 0.3) is 0 Å². The van der Waals surface area contributed by atoms with Gasteiger partial charge in [0.2, 0.25) is 5.91 Å². The van der Waals surface area contributed by atoms with Gasteiger partial charge in [-0.2, -0.15) is 0 Å². The molecular formula is C12H16ClNO3S. The first-order valence-corrected chi connectivity index (χ1v) is 7.80. The highest BCUT2D eigenvalue weighted by atomic mass is 35.5. The normalized spacial score (nSPS) is 14.9. The van der Waals surface area contributed by atoms with Crippen LogP contribution in [0.15, 0.2) is 24.3 Å². The number of rotatable bonds is 4. The first-order chi connectivity index (χ1) is 8.21. The largest absolute Gasteiger partial charge is 0.348 e. The molecule has 0 fully saturated rings. The summed E-state index contributed by atoms with van der Waals surface area (Å²) in [6.07, 6.45) is 1.04. The van der Waals surface area contributed by atoms with Crippen LogP contribution in [0.3, 0.4) is 0 Å². The van der Waals surface area contributed by atoms with E-state index >= 15 is 0 Å².